The van der Waals surface area contributed by atoms with Gasteiger partial charge in [0.1, 0.15) is 24.4 Å². The van der Waals surface area contributed by atoms with Crippen molar-refractivity contribution in [2.24, 2.45) is 0 Å². The van der Waals surface area contributed by atoms with Gasteiger partial charge in [-0.1, -0.05) is 12.1 Å². The van der Waals surface area contributed by atoms with Crippen LogP contribution in [0.2, 0.25) is 0 Å². The standard InChI is InChI=1S/C20H15F3N2O4/c1-27-16-4-2-3-13(9-16)11-28-19(26)14-5-7-15(8-6-14)29-18-10-17(20(21,22)23)24-12-25-18/h2-10,12H,11H2,1H3. The zero-order chi connectivity index (χ0) is 20.9. The van der Waals surface area contributed by atoms with E-state index in [0.29, 0.717) is 11.8 Å². The highest BCUT2D eigenvalue weighted by Crippen LogP contribution is 2.30. The van der Waals surface area contributed by atoms with Gasteiger partial charge in [-0.15, -0.1) is 0 Å². The molecular weight excluding hydrogens is 389 g/mol. The third kappa shape index (κ3) is 5.44. The maximum atomic E-state index is 12.7. The Balaban J connectivity index is 1.61. The quantitative estimate of drug-likeness (QED) is 0.557. The van der Waals surface area contributed by atoms with Crippen molar-refractivity contribution >= 4 is 5.97 Å². The van der Waals surface area contributed by atoms with Gasteiger partial charge in [0.15, 0.2) is 5.69 Å². The molecule has 0 aliphatic rings. The predicted octanol–water partition coefficient (Wildman–Crippen LogP) is 4.65. The van der Waals surface area contributed by atoms with Crippen molar-refractivity contribution in [3.8, 4) is 17.4 Å². The van der Waals surface area contributed by atoms with Gasteiger partial charge in [-0.3, -0.25) is 0 Å². The average molecular weight is 404 g/mol. The second kappa shape index (κ2) is 8.59. The van der Waals surface area contributed by atoms with E-state index in [-0.39, 0.29) is 23.8 Å². The molecule has 150 valence electrons. The highest BCUT2D eigenvalue weighted by molar-refractivity contribution is 5.89. The molecule has 29 heavy (non-hydrogen) atoms. The van der Waals surface area contributed by atoms with Crippen molar-refractivity contribution in [3.63, 3.8) is 0 Å². The molecule has 9 heteroatoms. The Bertz CT molecular complexity index is 992. The summed E-state index contributed by atoms with van der Waals surface area (Å²) < 4.78 is 53.7. The molecule has 2 aromatic carbocycles. The molecule has 0 amide bonds. The third-order valence-electron chi connectivity index (χ3n) is 3.75. The number of benzene rings is 2. The molecule has 0 N–H and O–H groups in total. The van der Waals surface area contributed by atoms with Gasteiger partial charge in [-0.25, -0.2) is 14.8 Å². The van der Waals surface area contributed by atoms with Crippen LogP contribution >= 0.6 is 0 Å². The minimum absolute atomic E-state index is 0.0649. The molecule has 0 aliphatic heterocycles. The Kier molecular flexibility index (Phi) is 5.96. The zero-order valence-corrected chi connectivity index (χ0v) is 15.1. The number of ether oxygens (including phenoxy) is 3. The number of carbonyl (C=O) groups is 1. The van der Waals surface area contributed by atoms with Crippen molar-refractivity contribution in [3.05, 3.63) is 77.7 Å². The Morgan fingerprint density at radius 3 is 2.45 bits per heavy atom. The maximum absolute atomic E-state index is 12.7. The lowest BCUT2D eigenvalue weighted by Gasteiger charge is -2.09. The number of hydrogen-bond donors (Lipinski definition) is 0. The summed E-state index contributed by atoms with van der Waals surface area (Å²) in [7, 11) is 1.54. The molecule has 3 aromatic rings. The Hall–Kier alpha value is -3.62. The lowest BCUT2D eigenvalue weighted by Crippen LogP contribution is -2.08. The van der Waals surface area contributed by atoms with E-state index in [1.165, 1.54) is 24.3 Å². The summed E-state index contributed by atoms with van der Waals surface area (Å²) in [6.45, 7) is 0.0649. The van der Waals surface area contributed by atoms with Gasteiger partial charge in [0.05, 0.1) is 12.7 Å². The van der Waals surface area contributed by atoms with Gasteiger partial charge in [-0.05, 0) is 42.0 Å². The van der Waals surface area contributed by atoms with Crippen molar-refractivity contribution in [2.75, 3.05) is 7.11 Å². The van der Waals surface area contributed by atoms with Crippen LogP contribution in [0.1, 0.15) is 21.6 Å². The van der Waals surface area contributed by atoms with Crippen molar-refractivity contribution in [2.45, 2.75) is 12.8 Å². The Morgan fingerprint density at radius 2 is 1.76 bits per heavy atom. The SMILES string of the molecule is COc1cccc(COC(=O)c2ccc(Oc3cc(C(F)(F)F)ncn3)cc2)c1. The molecule has 6 nitrogen and oxygen atoms in total. The molecule has 0 fully saturated rings. The Morgan fingerprint density at radius 1 is 1.00 bits per heavy atom. The second-order valence-corrected chi connectivity index (χ2v) is 5.79. The summed E-state index contributed by atoms with van der Waals surface area (Å²) in [6.07, 6.45) is -3.83. The van der Waals surface area contributed by atoms with Crippen LogP contribution in [0.15, 0.2) is 60.9 Å². The second-order valence-electron chi connectivity index (χ2n) is 5.79. The molecule has 1 aromatic heterocycles. The van der Waals surface area contributed by atoms with Crippen molar-refractivity contribution < 1.29 is 32.2 Å². The van der Waals surface area contributed by atoms with Gasteiger partial charge in [0, 0.05) is 6.07 Å². The van der Waals surface area contributed by atoms with Crippen LogP contribution in [-0.2, 0) is 17.5 Å². The number of aromatic nitrogens is 2. The van der Waals surface area contributed by atoms with E-state index in [1.54, 1.807) is 31.4 Å². The molecular formula is C20H15F3N2O4. The first-order valence-corrected chi connectivity index (χ1v) is 8.32. The average Bonchev–Trinajstić information content (AvgIpc) is 2.72. The van der Waals surface area contributed by atoms with Crippen LogP contribution in [0.5, 0.6) is 17.4 Å². The number of nitrogens with zero attached hydrogens (tertiary/aromatic N) is 2. The number of carbonyl (C=O) groups excluding carboxylic acids is 1. The van der Waals surface area contributed by atoms with Gasteiger partial charge in [-0.2, -0.15) is 13.2 Å². The number of alkyl halides is 3. The van der Waals surface area contributed by atoms with Crippen LogP contribution in [0.4, 0.5) is 13.2 Å². The lowest BCUT2D eigenvalue weighted by atomic mass is 10.2. The minimum Gasteiger partial charge on any atom is -0.497 e. The third-order valence-corrected chi connectivity index (χ3v) is 3.75. The summed E-state index contributed by atoms with van der Waals surface area (Å²) in [6, 6.07) is 13.5. The highest BCUT2D eigenvalue weighted by atomic mass is 19.4. The van der Waals surface area contributed by atoms with E-state index in [1.807, 2.05) is 0 Å². The molecule has 0 radical (unpaired) electrons. The van der Waals surface area contributed by atoms with Gasteiger partial charge in [0.2, 0.25) is 5.88 Å². The fourth-order valence-electron chi connectivity index (χ4n) is 2.32. The van der Waals surface area contributed by atoms with Crippen LogP contribution in [0.25, 0.3) is 0 Å². The van der Waals surface area contributed by atoms with Crippen LogP contribution < -0.4 is 9.47 Å². The lowest BCUT2D eigenvalue weighted by molar-refractivity contribution is -0.141. The number of esters is 1. The smallest absolute Gasteiger partial charge is 0.433 e. The summed E-state index contributed by atoms with van der Waals surface area (Å²) in [5, 5.41) is 0. The van der Waals surface area contributed by atoms with Crippen molar-refractivity contribution in [1.82, 2.24) is 9.97 Å². The summed E-state index contributed by atoms with van der Waals surface area (Å²) in [4.78, 5) is 19.0. The van der Waals surface area contributed by atoms with E-state index in [0.717, 1.165) is 11.9 Å². The van der Waals surface area contributed by atoms with E-state index in [9.17, 15) is 18.0 Å². The van der Waals surface area contributed by atoms with Crippen LogP contribution in [0.3, 0.4) is 0 Å². The number of halogens is 3. The highest BCUT2D eigenvalue weighted by Gasteiger charge is 2.33. The molecule has 0 saturated heterocycles. The summed E-state index contributed by atoms with van der Waals surface area (Å²) in [5.74, 6) is 0.0427. The molecule has 3 rings (SSSR count). The normalized spacial score (nSPS) is 11.0. The molecule has 0 aliphatic carbocycles. The predicted molar refractivity (Wildman–Crippen MR) is 95.7 cm³/mol. The van der Waals surface area contributed by atoms with E-state index in [4.69, 9.17) is 14.2 Å². The molecule has 0 unspecified atom stereocenters. The maximum Gasteiger partial charge on any atom is 0.433 e. The minimum atomic E-state index is -4.60. The molecule has 1 heterocycles. The topological polar surface area (TPSA) is 70.5 Å². The number of hydrogen-bond acceptors (Lipinski definition) is 6. The fraction of sp³-hybridized carbons (Fsp3) is 0.150. The summed E-state index contributed by atoms with van der Waals surface area (Å²) >= 11 is 0. The molecule has 0 spiro atoms. The van der Waals surface area contributed by atoms with Crippen LogP contribution in [-0.4, -0.2) is 23.0 Å². The first kappa shape index (κ1) is 20.1. The molecule has 0 saturated carbocycles. The van der Waals surface area contributed by atoms with E-state index < -0.39 is 17.8 Å². The largest absolute Gasteiger partial charge is 0.497 e. The van der Waals surface area contributed by atoms with Crippen molar-refractivity contribution in [1.29, 1.82) is 0 Å². The first-order chi connectivity index (χ1) is 13.8. The monoisotopic (exact) mass is 404 g/mol. The van der Waals surface area contributed by atoms with E-state index >= 15 is 0 Å². The van der Waals surface area contributed by atoms with Crippen LogP contribution in [0, 0.1) is 0 Å². The zero-order valence-electron chi connectivity index (χ0n) is 15.1. The van der Waals surface area contributed by atoms with E-state index in [2.05, 4.69) is 9.97 Å². The Labute approximate surface area is 163 Å². The molecule has 0 atom stereocenters. The van der Waals surface area contributed by atoms with Gasteiger partial charge in [0.25, 0.3) is 0 Å². The van der Waals surface area contributed by atoms with Gasteiger partial charge < -0.3 is 14.2 Å². The number of rotatable bonds is 6. The molecule has 0 bridgehead atoms. The first-order valence-electron chi connectivity index (χ1n) is 8.32. The number of methoxy groups -OCH3 is 1. The van der Waals surface area contributed by atoms with Gasteiger partial charge >= 0.3 is 12.1 Å². The summed E-state index contributed by atoms with van der Waals surface area (Å²) in [5.41, 5.74) is -0.0824. The fourth-order valence-corrected chi connectivity index (χ4v) is 2.32.